The van der Waals surface area contributed by atoms with Crippen molar-refractivity contribution >= 4 is 11.9 Å². The third-order valence-electron chi connectivity index (χ3n) is 3.38. The van der Waals surface area contributed by atoms with E-state index in [1.165, 1.54) is 0 Å². The van der Waals surface area contributed by atoms with Crippen molar-refractivity contribution in [1.29, 1.82) is 0 Å². The number of carbonyl (C=O) groups is 2. The summed E-state index contributed by atoms with van der Waals surface area (Å²) in [6.45, 7) is 8.44. The Labute approximate surface area is 116 Å². The van der Waals surface area contributed by atoms with E-state index in [9.17, 15) is 9.59 Å². The van der Waals surface area contributed by atoms with Crippen LogP contribution in [0.15, 0.2) is 0 Å². The fourth-order valence-corrected chi connectivity index (χ4v) is 1.92. The van der Waals surface area contributed by atoms with Gasteiger partial charge in [-0.2, -0.15) is 0 Å². The van der Waals surface area contributed by atoms with E-state index in [2.05, 4.69) is 13.8 Å². The summed E-state index contributed by atoms with van der Waals surface area (Å²) in [5.74, 6) is -1.06. The average Bonchev–Trinajstić information content (AvgIpc) is 2.43. The molecule has 4 heteroatoms. The molecule has 1 unspecified atom stereocenters. The van der Waals surface area contributed by atoms with Gasteiger partial charge in [0, 0.05) is 0 Å². The molecular formula is C15H28O4. The summed E-state index contributed by atoms with van der Waals surface area (Å²) in [5.41, 5.74) is 0. The minimum Gasteiger partial charge on any atom is -0.457 e. The van der Waals surface area contributed by atoms with Gasteiger partial charge in [-0.15, -0.1) is 0 Å². The third kappa shape index (κ3) is 7.85. The minimum atomic E-state index is -0.872. The van der Waals surface area contributed by atoms with Crippen LogP contribution in [0.25, 0.3) is 0 Å². The predicted octanol–water partition coefficient (Wildman–Crippen LogP) is 3.48. The van der Waals surface area contributed by atoms with E-state index in [-0.39, 0.29) is 12.7 Å². The fourth-order valence-electron chi connectivity index (χ4n) is 1.92. The van der Waals surface area contributed by atoms with Crippen molar-refractivity contribution in [2.24, 2.45) is 5.92 Å². The second-order valence-electron chi connectivity index (χ2n) is 4.83. The van der Waals surface area contributed by atoms with Crippen molar-refractivity contribution in [2.75, 3.05) is 6.61 Å². The van der Waals surface area contributed by atoms with Gasteiger partial charge >= 0.3 is 11.9 Å². The lowest BCUT2D eigenvalue weighted by molar-refractivity contribution is -0.171. The van der Waals surface area contributed by atoms with Gasteiger partial charge in [0.25, 0.3) is 0 Å². The van der Waals surface area contributed by atoms with E-state index >= 15 is 0 Å². The highest BCUT2D eigenvalue weighted by molar-refractivity contribution is 6.29. The van der Waals surface area contributed by atoms with Gasteiger partial charge in [0.15, 0.2) is 0 Å². The smallest absolute Gasteiger partial charge is 0.417 e. The summed E-state index contributed by atoms with van der Waals surface area (Å²) in [6, 6.07) is 0. The highest BCUT2D eigenvalue weighted by Crippen LogP contribution is 2.18. The summed E-state index contributed by atoms with van der Waals surface area (Å²) in [7, 11) is 0. The van der Waals surface area contributed by atoms with Gasteiger partial charge in [0.05, 0.1) is 6.61 Å². The summed E-state index contributed by atoms with van der Waals surface area (Å²) in [4.78, 5) is 22.8. The Kier molecular flexibility index (Phi) is 10.2. The van der Waals surface area contributed by atoms with E-state index in [0.29, 0.717) is 12.3 Å². The lowest BCUT2D eigenvalue weighted by atomic mass is 9.95. The topological polar surface area (TPSA) is 52.6 Å². The Morgan fingerprint density at radius 2 is 1.53 bits per heavy atom. The molecule has 1 atom stereocenters. The number of carbonyl (C=O) groups excluding carboxylic acids is 2. The Bertz CT molecular complexity index is 259. The van der Waals surface area contributed by atoms with Gasteiger partial charge in [-0.1, -0.05) is 40.5 Å². The first-order valence-electron chi connectivity index (χ1n) is 7.46. The van der Waals surface area contributed by atoms with Crippen molar-refractivity contribution in [1.82, 2.24) is 0 Å². The van der Waals surface area contributed by atoms with Crippen LogP contribution in [-0.4, -0.2) is 24.6 Å². The SMILES string of the molecule is CCCOC(=O)C(=O)OC(CC)CCC(CC)CC. The van der Waals surface area contributed by atoms with Crippen molar-refractivity contribution in [3.05, 3.63) is 0 Å². The highest BCUT2D eigenvalue weighted by Gasteiger charge is 2.21. The number of ether oxygens (including phenoxy) is 2. The number of hydrogen-bond donors (Lipinski definition) is 0. The maximum absolute atomic E-state index is 11.5. The lowest BCUT2D eigenvalue weighted by Crippen LogP contribution is -2.26. The molecule has 0 rings (SSSR count). The second kappa shape index (κ2) is 10.8. The molecule has 0 saturated carbocycles. The van der Waals surface area contributed by atoms with Crippen LogP contribution in [-0.2, 0) is 19.1 Å². The quantitative estimate of drug-likeness (QED) is 0.476. The number of hydrogen-bond acceptors (Lipinski definition) is 4. The zero-order valence-corrected chi connectivity index (χ0v) is 12.7. The molecule has 0 N–H and O–H groups in total. The van der Waals surface area contributed by atoms with Gasteiger partial charge in [-0.25, -0.2) is 9.59 Å². The summed E-state index contributed by atoms with van der Waals surface area (Å²) in [5, 5.41) is 0. The van der Waals surface area contributed by atoms with Crippen molar-refractivity contribution in [2.45, 2.75) is 72.3 Å². The van der Waals surface area contributed by atoms with Crippen molar-refractivity contribution < 1.29 is 19.1 Å². The highest BCUT2D eigenvalue weighted by atomic mass is 16.6. The van der Waals surface area contributed by atoms with E-state index < -0.39 is 11.9 Å². The standard InChI is InChI=1S/C15H28O4/c1-5-11-18-14(16)15(17)19-13(8-4)10-9-12(6-2)7-3/h12-13H,5-11H2,1-4H3. The van der Waals surface area contributed by atoms with Crippen LogP contribution in [0, 0.1) is 5.92 Å². The molecule has 0 amide bonds. The van der Waals surface area contributed by atoms with Crippen LogP contribution in [0.4, 0.5) is 0 Å². The van der Waals surface area contributed by atoms with E-state index in [1.807, 2.05) is 13.8 Å². The molecule has 19 heavy (non-hydrogen) atoms. The van der Waals surface area contributed by atoms with Gasteiger partial charge in [-0.05, 0) is 31.6 Å². The zero-order chi connectivity index (χ0) is 14.7. The Balaban J connectivity index is 4.10. The van der Waals surface area contributed by atoms with Crippen molar-refractivity contribution in [3.63, 3.8) is 0 Å². The molecule has 0 radical (unpaired) electrons. The molecule has 0 aliphatic heterocycles. The third-order valence-corrected chi connectivity index (χ3v) is 3.38. The largest absolute Gasteiger partial charge is 0.457 e. The van der Waals surface area contributed by atoms with Gasteiger partial charge in [0.1, 0.15) is 6.10 Å². The molecule has 112 valence electrons. The van der Waals surface area contributed by atoms with Crippen LogP contribution in [0.3, 0.4) is 0 Å². The molecule has 0 bridgehead atoms. The van der Waals surface area contributed by atoms with E-state index in [4.69, 9.17) is 9.47 Å². The summed E-state index contributed by atoms with van der Waals surface area (Å²) in [6.07, 6.45) is 5.37. The monoisotopic (exact) mass is 272 g/mol. The van der Waals surface area contributed by atoms with Crippen LogP contribution in [0.1, 0.15) is 66.2 Å². The Morgan fingerprint density at radius 1 is 0.895 bits per heavy atom. The first-order chi connectivity index (χ1) is 9.08. The second-order valence-corrected chi connectivity index (χ2v) is 4.83. The molecule has 0 saturated heterocycles. The number of esters is 2. The maximum atomic E-state index is 11.5. The predicted molar refractivity (Wildman–Crippen MR) is 74.7 cm³/mol. The molecule has 0 aliphatic rings. The molecule has 0 aromatic carbocycles. The van der Waals surface area contributed by atoms with Crippen LogP contribution >= 0.6 is 0 Å². The molecule has 0 aromatic heterocycles. The van der Waals surface area contributed by atoms with Crippen molar-refractivity contribution in [3.8, 4) is 0 Å². The van der Waals surface area contributed by atoms with Crippen LogP contribution in [0.5, 0.6) is 0 Å². The van der Waals surface area contributed by atoms with Gasteiger partial charge < -0.3 is 9.47 Å². The molecule has 0 aliphatic carbocycles. The summed E-state index contributed by atoms with van der Waals surface area (Å²) < 4.78 is 9.94. The molecule has 0 aromatic rings. The summed E-state index contributed by atoms with van der Waals surface area (Å²) >= 11 is 0. The number of rotatable bonds is 9. The molecule has 0 fully saturated rings. The van der Waals surface area contributed by atoms with E-state index in [0.717, 1.165) is 32.1 Å². The van der Waals surface area contributed by atoms with E-state index in [1.54, 1.807) is 0 Å². The average molecular weight is 272 g/mol. The molecule has 4 nitrogen and oxygen atoms in total. The molecular weight excluding hydrogens is 244 g/mol. The van der Waals surface area contributed by atoms with Gasteiger partial charge in [0.2, 0.25) is 0 Å². The Hall–Kier alpha value is -1.06. The van der Waals surface area contributed by atoms with Crippen LogP contribution < -0.4 is 0 Å². The first-order valence-corrected chi connectivity index (χ1v) is 7.46. The maximum Gasteiger partial charge on any atom is 0.417 e. The zero-order valence-electron chi connectivity index (χ0n) is 12.7. The molecule has 0 heterocycles. The fraction of sp³-hybridized carbons (Fsp3) is 0.867. The minimum absolute atomic E-state index is 0.178. The Morgan fingerprint density at radius 3 is 2.00 bits per heavy atom. The van der Waals surface area contributed by atoms with Gasteiger partial charge in [-0.3, -0.25) is 0 Å². The lowest BCUT2D eigenvalue weighted by Gasteiger charge is -2.18. The first kappa shape index (κ1) is 17.9. The molecule has 0 spiro atoms. The van der Waals surface area contributed by atoms with Crippen LogP contribution in [0.2, 0.25) is 0 Å². The normalized spacial score (nSPS) is 12.3.